The molecular formula is C21H31ClN2O3. The van der Waals surface area contributed by atoms with Crippen molar-refractivity contribution < 1.29 is 14.3 Å². The Hall–Kier alpha value is -1.30. The first kappa shape index (κ1) is 20.4. The van der Waals surface area contributed by atoms with Crippen molar-refractivity contribution in [3.8, 4) is 5.75 Å². The highest BCUT2D eigenvalue weighted by atomic mass is 35.5. The van der Waals surface area contributed by atoms with Crippen LogP contribution in [0.5, 0.6) is 5.75 Å². The van der Waals surface area contributed by atoms with Gasteiger partial charge in [-0.15, -0.1) is 12.4 Å². The van der Waals surface area contributed by atoms with Crippen molar-refractivity contribution in [1.82, 2.24) is 10.6 Å². The van der Waals surface area contributed by atoms with E-state index in [-0.39, 0.29) is 18.3 Å². The molecule has 1 amide bonds. The van der Waals surface area contributed by atoms with Gasteiger partial charge in [-0.2, -0.15) is 0 Å². The Kier molecular flexibility index (Phi) is 7.01. The second-order valence-electron chi connectivity index (χ2n) is 7.92. The maximum Gasteiger partial charge on any atom is 0.255 e. The molecule has 0 unspecified atom stereocenters. The zero-order valence-electron chi connectivity index (χ0n) is 16.0. The van der Waals surface area contributed by atoms with Crippen LogP contribution in [-0.4, -0.2) is 44.4 Å². The topological polar surface area (TPSA) is 59.6 Å². The summed E-state index contributed by atoms with van der Waals surface area (Å²) in [5, 5.41) is 6.95. The van der Waals surface area contributed by atoms with E-state index in [4.69, 9.17) is 9.47 Å². The van der Waals surface area contributed by atoms with Gasteiger partial charge in [0.1, 0.15) is 5.75 Å². The molecule has 0 radical (unpaired) electrons. The van der Waals surface area contributed by atoms with Crippen LogP contribution in [0, 0.1) is 0 Å². The van der Waals surface area contributed by atoms with Gasteiger partial charge < -0.3 is 20.1 Å². The summed E-state index contributed by atoms with van der Waals surface area (Å²) in [5.41, 5.74) is 1.92. The van der Waals surface area contributed by atoms with E-state index in [0.717, 1.165) is 45.3 Å². The standard InChI is InChI=1S/C21H30N2O3.ClH/c1-25-20-7-6-14(12-18(20)21(24)23-15-4-2-3-5-15)17-13-19(17)22-16-8-10-26-11-9-16;/h6-7,12,15-17,19,22H,2-5,8-11,13H2,1H3,(H,23,24);1H/t17-,19+;/m0./s1. The molecule has 0 aromatic heterocycles. The highest BCUT2D eigenvalue weighted by Gasteiger charge is 2.40. The molecule has 2 N–H and O–H groups in total. The second-order valence-corrected chi connectivity index (χ2v) is 7.92. The molecule has 4 rings (SSSR count). The van der Waals surface area contributed by atoms with Gasteiger partial charge in [0.2, 0.25) is 0 Å². The van der Waals surface area contributed by atoms with E-state index >= 15 is 0 Å². The minimum Gasteiger partial charge on any atom is -0.496 e. The summed E-state index contributed by atoms with van der Waals surface area (Å²) in [5.74, 6) is 1.17. The van der Waals surface area contributed by atoms with Crippen LogP contribution in [0.1, 0.15) is 66.8 Å². The lowest BCUT2D eigenvalue weighted by atomic mass is 10.0. The lowest BCUT2D eigenvalue weighted by Gasteiger charge is -2.23. The van der Waals surface area contributed by atoms with Crippen LogP contribution in [0.15, 0.2) is 18.2 Å². The monoisotopic (exact) mass is 394 g/mol. The smallest absolute Gasteiger partial charge is 0.255 e. The van der Waals surface area contributed by atoms with Crippen molar-refractivity contribution >= 4 is 18.3 Å². The summed E-state index contributed by atoms with van der Waals surface area (Å²) in [6.07, 6.45) is 7.95. The molecule has 6 heteroatoms. The molecule has 1 saturated heterocycles. The maximum atomic E-state index is 12.8. The van der Waals surface area contributed by atoms with Crippen molar-refractivity contribution in [1.29, 1.82) is 0 Å². The summed E-state index contributed by atoms with van der Waals surface area (Å²) in [6.45, 7) is 1.73. The first-order chi connectivity index (χ1) is 12.7. The molecule has 0 bridgehead atoms. The summed E-state index contributed by atoms with van der Waals surface area (Å²) in [4.78, 5) is 12.8. The summed E-state index contributed by atoms with van der Waals surface area (Å²) in [7, 11) is 1.63. The Morgan fingerprint density at radius 1 is 1.11 bits per heavy atom. The van der Waals surface area contributed by atoms with Crippen molar-refractivity contribution in [2.45, 2.75) is 69.0 Å². The predicted octanol–water partition coefficient (Wildman–Crippen LogP) is 3.41. The van der Waals surface area contributed by atoms with Gasteiger partial charge in [0.05, 0.1) is 12.7 Å². The normalized spacial score (nSPS) is 25.7. The van der Waals surface area contributed by atoms with E-state index in [0.29, 0.717) is 35.4 Å². The Morgan fingerprint density at radius 3 is 2.56 bits per heavy atom. The third-order valence-electron chi connectivity index (χ3n) is 6.05. The third kappa shape index (κ3) is 4.95. The summed E-state index contributed by atoms with van der Waals surface area (Å²) >= 11 is 0. The third-order valence-corrected chi connectivity index (χ3v) is 6.05. The number of nitrogens with one attached hydrogen (secondary N) is 2. The van der Waals surface area contributed by atoms with E-state index in [2.05, 4.69) is 16.7 Å². The molecule has 0 spiro atoms. The quantitative estimate of drug-likeness (QED) is 0.776. The Bertz CT molecular complexity index is 642. The fourth-order valence-electron chi connectivity index (χ4n) is 4.38. The molecule has 5 nitrogen and oxygen atoms in total. The molecule has 1 aromatic carbocycles. The van der Waals surface area contributed by atoms with Crippen molar-refractivity contribution in [3.05, 3.63) is 29.3 Å². The van der Waals surface area contributed by atoms with Crippen LogP contribution < -0.4 is 15.4 Å². The summed E-state index contributed by atoms with van der Waals surface area (Å²) < 4.78 is 10.9. The Balaban J connectivity index is 0.00000210. The van der Waals surface area contributed by atoms with Crippen LogP contribution in [0.2, 0.25) is 0 Å². The number of methoxy groups -OCH3 is 1. The average molecular weight is 395 g/mol. The number of benzene rings is 1. The van der Waals surface area contributed by atoms with E-state index in [1.165, 1.54) is 18.4 Å². The van der Waals surface area contributed by atoms with Gasteiger partial charge in [-0.05, 0) is 49.8 Å². The number of amides is 1. The second kappa shape index (κ2) is 9.26. The number of carbonyl (C=O) groups is 1. The molecular weight excluding hydrogens is 364 g/mol. The van der Waals surface area contributed by atoms with Crippen molar-refractivity contribution in [3.63, 3.8) is 0 Å². The van der Waals surface area contributed by atoms with E-state index in [9.17, 15) is 4.79 Å². The van der Waals surface area contributed by atoms with E-state index in [1.807, 2.05) is 12.1 Å². The number of hydrogen-bond acceptors (Lipinski definition) is 4. The van der Waals surface area contributed by atoms with Gasteiger partial charge in [0, 0.05) is 37.3 Å². The van der Waals surface area contributed by atoms with Crippen molar-refractivity contribution in [2.75, 3.05) is 20.3 Å². The lowest BCUT2D eigenvalue weighted by molar-refractivity contribution is 0.0774. The minimum absolute atomic E-state index is 0. The van der Waals surface area contributed by atoms with Crippen LogP contribution in [-0.2, 0) is 4.74 Å². The van der Waals surface area contributed by atoms with Gasteiger partial charge >= 0.3 is 0 Å². The lowest BCUT2D eigenvalue weighted by Crippen LogP contribution is -2.36. The predicted molar refractivity (Wildman–Crippen MR) is 108 cm³/mol. The number of halogens is 1. The molecule has 1 heterocycles. The fourth-order valence-corrected chi connectivity index (χ4v) is 4.38. The highest BCUT2D eigenvalue weighted by molar-refractivity contribution is 5.97. The largest absolute Gasteiger partial charge is 0.496 e. The molecule has 2 saturated carbocycles. The van der Waals surface area contributed by atoms with Crippen LogP contribution in [0.3, 0.4) is 0 Å². The zero-order chi connectivity index (χ0) is 17.9. The van der Waals surface area contributed by atoms with Crippen LogP contribution in [0.25, 0.3) is 0 Å². The maximum absolute atomic E-state index is 12.8. The van der Waals surface area contributed by atoms with Gasteiger partial charge in [-0.3, -0.25) is 4.79 Å². The van der Waals surface area contributed by atoms with Gasteiger partial charge in [0.25, 0.3) is 5.91 Å². The SMILES string of the molecule is COc1ccc([C@@H]2C[C@H]2NC2CCOCC2)cc1C(=O)NC1CCCC1.Cl. The van der Waals surface area contributed by atoms with Gasteiger partial charge in [0.15, 0.2) is 0 Å². The Labute approximate surface area is 168 Å². The molecule has 1 aliphatic heterocycles. The molecule has 3 aliphatic rings. The first-order valence-electron chi connectivity index (χ1n) is 10.1. The first-order valence-corrected chi connectivity index (χ1v) is 10.1. The van der Waals surface area contributed by atoms with Gasteiger partial charge in [-0.25, -0.2) is 0 Å². The molecule has 3 fully saturated rings. The average Bonchev–Trinajstić information content (AvgIpc) is 3.24. The van der Waals surface area contributed by atoms with E-state index < -0.39 is 0 Å². The minimum atomic E-state index is 0. The zero-order valence-corrected chi connectivity index (χ0v) is 16.9. The molecule has 27 heavy (non-hydrogen) atoms. The summed E-state index contributed by atoms with van der Waals surface area (Å²) in [6, 6.07) is 7.52. The number of ether oxygens (including phenoxy) is 2. The Morgan fingerprint density at radius 2 is 1.85 bits per heavy atom. The van der Waals surface area contributed by atoms with E-state index in [1.54, 1.807) is 7.11 Å². The molecule has 2 aliphatic carbocycles. The van der Waals surface area contributed by atoms with Crippen LogP contribution in [0.4, 0.5) is 0 Å². The fraction of sp³-hybridized carbons (Fsp3) is 0.667. The van der Waals surface area contributed by atoms with Gasteiger partial charge in [-0.1, -0.05) is 18.9 Å². The molecule has 150 valence electrons. The molecule has 2 atom stereocenters. The number of carbonyl (C=O) groups excluding carboxylic acids is 1. The highest BCUT2D eigenvalue weighted by Crippen LogP contribution is 2.42. The van der Waals surface area contributed by atoms with Crippen LogP contribution >= 0.6 is 12.4 Å². The number of rotatable bonds is 6. The molecule has 1 aromatic rings. The van der Waals surface area contributed by atoms with Crippen molar-refractivity contribution in [2.24, 2.45) is 0 Å². The number of hydrogen-bond donors (Lipinski definition) is 2.